The average molecular weight is 279 g/mol. The van der Waals surface area contributed by atoms with E-state index in [1.165, 1.54) is 12.8 Å². The molecule has 0 spiro atoms. The molecule has 0 radical (unpaired) electrons. The number of anilines is 1. The lowest BCUT2D eigenvalue weighted by molar-refractivity contribution is 0.0938. The molecule has 4 nitrogen and oxygen atoms in total. The Morgan fingerprint density at radius 1 is 1.47 bits per heavy atom. The minimum Gasteiger partial charge on any atom is -0.370 e. The largest absolute Gasteiger partial charge is 0.370 e. The lowest BCUT2D eigenvalue weighted by Crippen LogP contribution is -2.38. The van der Waals surface area contributed by atoms with Gasteiger partial charge in [0.2, 0.25) is 0 Å². The van der Waals surface area contributed by atoms with Gasteiger partial charge in [0.1, 0.15) is 5.82 Å². The van der Waals surface area contributed by atoms with E-state index in [0.717, 1.165) is 18.8 Å². The number of carbonyl (C=O) groups excluding carboxylic acids is 1. The molecular weight excluding hydrogens is 258 g/mol. The maximum absolute atomic E-state index is 12.2. The molecule has 1 aromatic heterocycles. The number of rotatable bonds is 5. The maximum atomic E-state index is 12.2. The van der Waals surface area contributed by atoms with E-state index in [2.05, 4.69) is 21.9 Å². The van der Waals surface area contributed by atoms with E-state index in [1.54, 1.807) is 6.20 Å². The van der Waals surface area contributed by atoms with E-state index < -0.39 is 0 Å². The van der Waals surface area contributed by atoms with Gasteiger partial charge in [0.15, 0.2) is 0 Å². The molecule has 1 aliphatic rings. The van der Waals surface area contributed by atoms with Crippen LogP contribution in [0, 0.1) is 0 Å². The van der Waals surface area contributed by atoms with Crippen LogP contribution in [-0.2, 0) is 0 Å². The van der Waals surface area contributed by atoms with Crippen LogP contribution < -0.4 is 10.6 Å². The summed E-state index contributed by atoms with van der Waals surface area (Å²) in [6.07, 6.45) is 7.23. The first-order valence-electron chi connectivity index (χ1n) is 6.78. The third-order valence-electron chi connectivity index (χ3n) is 3.46. The van der Waals surface area contributed by atoms with E-state index >= 15 is 0 Å². The lowest BCUT2D eigenvalue weighted by Gasteiger charge is -2.19. The first-order valence-corrected chi connectivity index (χ1v) is 8.07. The lowest BCUT2D eigenvalue weighted by atomic mass is 10.2. The Labute approximate surface area is 118 Å². The summed E-state index contributed by atoms with van der Waals surface area (Å²) in [7, 11) is 0. The van der Waals surface area contributed by atoms with Crippen molar-refractivity contribution in [3.8, 4) is 0 Å². The van der Waals surface area contributed by atoms with Crippen LogP contribution in [0.4, 0.5) is 5.82 Å². The van der Waals surface area contributed by atoms with Crippen LogP contribution in [0.5, 0.6) is 0 Å². The van der Waals surface area contributed by atoms with Crippen molar-refractivity contribution in [2.45, 2.75) is 37.5 Å². The van der Waals surface area contributed by atoms with Gasteiger partial charge in [-0.15, -0.1) is 0 Å². The van der Waals surface area contributed by atoms with Gasteiger partial charge in [-0.05, 0) is 38.2 Å². The molecule has 1 saturated carbocycles. The van der Waals surface area contributed by atoms with Gasteiger partial charge in [0.05, 0.1) is 5.56 Å². The molecule has 2 rings (SSSR count). The molecule has 5 heteroatoms. The van der Waals surface area contributed by atoms with Crippen LogP contribution in [0.1, 0.15) is 36.5 Å². The molecule has 2 atom stereocenters. The van der Waals surface area contributed by atoms with E-state index in [0.29, 0.717) is 16.9 Å². The Hall–Kier alpha value is -1.23. The second-order valence-electron chi connectivity index (χ2n) is 4.75. The zero-order valence-corrected chi connectivity index (χ0v) is 12.3. The molecule has 2 unspecified atom stereocenters. The van der Waals surface area contributed by atoms with Gasteiger partial charge >= 0.3 is 0 Å². The van der Waals surface area contributed by atoms with Crippen LogP contribution in [-0.4, -0.2) is 35.0 Å². The highest BCUT2D eigenvalue weighted by Crippen LogP contribution is 2.28. The van der Waals surface area contributed by atoms with Crippen molar-refractivity contribution < 1.29 is 4.79 Å². The number of pyridine rings is 1. The zero-order valence-electron chi connectivity index (χ0n) is 11.5. The van der Waals surface area contributed by atoms with E-state index in [9.17, 15) is 4.79 Å². The summed E-state index contributed by atoms with van der Waals surface area (Å²) in [5.41, 5.74) is 0.633. The molecule has 1 aromatic rings. The second-order valence-corrected chi connectivity index (χ2v) is 5.82. The Morgan fingerprint density at radius 2 is 2.32 bits per heavy atom. The Morgan fingerprint density at radius 3 is 2.95 bits per heavy atom. The number of thioether (sulfide) groups is 1. The number of aromatic nitrogens is 1. The highest BCUT2D eigenvalue weighted by atomic mass is 32.2. The summed E-state index contributed by atoms with van der Waals surface area (Å²) in [5, 5.41) is 6.80. The topological polar surface area (TPSA) is 54.0 Å². The van der Waals surface area contributed by atoms with Gasteiger partial charge in [-0.25, -0.2) is 4.98 Å². The van der Waals surface area contributed by atoms with E-state index in [4.69, 9.17) is 0 Å². The normalized spacial score (nSPS) is 22.2. The first kappa shape index (κ1) is 14.2. The van der Waals surface area contributed by atoms with Crippen molar-refractivity contribution in [2.24, 2.45) is 0 Å². The van der Waals surface area contributed by atoms with Gasteiger partial charge < -0.3 is 10.6 Å². The molecule has 0 saturated heterocycles. The molecule has 2 N–H and O–H groups in total. The van der Waals surface area contributed by atoms with Crippen molar-refractivity contribution in [3.05, 3.63) is 23.9 Å². The quantitative estimate of drug-likeness (QED) is 0.869. The minimum atomic E-state index is -0.0125. The van der Waals surface area contributed by atoms with Crippen LogP contribution in [0.25, 0.3) is 0 Å². The fourth-order valence-electron chi connectivity index (χ4n) is 2.44. The van der Waals surface area contributed by atoms with Crippen molar-refractivity contribution >= 4 is 23.5 Å². The zero-order chi connectivity index (χ0) is 13.7. The van der Waals surface area contributed by atoms with Crippen LogP contribution >= 0.6 is 11.8 Å². The van der Waals surface area contributed by atoms with E-state index in [-0.39, 0.29) is 5.91 Å². The summed E-state index contributed by atoms with van der Waals surface area (Å²) in [6, 6.07) is 3.97. The van der Waals surface area contributed by atoms with Gasteiger partial charge in [-0.3, -0.25) is 4.79 Å². The number of carbonyl (C=O) groups is 1. The fourth-order valence-corrected chi connectivity index (χ4v) is 3.37. The summed E-state index contributed by atoms with van der Waals surface area (Å²) in [5.74, 6) is 0.795. The molecule has 0 bridgehead atoms. The van der Waals surface area contributed by atoms with E-state index in [1.807, 2.05) is 30.8 Å². The molecule has 19 heavy (non-hydrogen) atoms. The van der Waals surface area contributed by atoms with Crippen LogP contribution in [0.3, 0.4) is 0 Å². The molecule has 1 fully saturated rings. The predicted octanol–water partition coefficient (Wildman–Crippen LogP) is 2.53. The monoisotopic (exact) mass is 279 g/mol. The van der Waals surface area contributed by atoms with Crippen LogP contribution in [0.15, 0.2) is 18.3 Å². The SMILES string of the molecule is CCNc1ccc(C(=O)NC2CCCC2SC)cn1. The maximum Gasteiger partial charge on any atom is 0.253 e. The average Bonchev–Trinajstić information content (AvgIpc) is 2.87. The number of nitrogens with one attached hydrogen (secondary N) is 2. The summed E-state index contributed by atoms with van der Waals surface area (Å²) in [6.45, 7) is 2.85. The third-order valence-corrected chi connectivity index (χ3v) is 4.63. The molecule has 1 aliphatic carbocycles. The minimum absolute atomic E-state index is 0.0125. The number of nitrogens with zero attached hydrogens (tertiary/aromatic N) is 1. The fraction of sp³-hybridized carbons (Fsp3) is 0.571. The Kier molecular flexibility index (Phi) is 5.07. The van der Waals surface area contributed by atoms with Crippen molar-refractivity contribution in [1.29, 1.82) is 0 Å². The van der Waals surface area contributed by atoms with Crippen molar-refractivity contribution in [3.63, 3.8) is 0 Å². The predicted molar refractivity (Wildman–Crippen MR) is 80.8 cm³/mol. The number of hydrogen-bond acceptors (Lipinski definition) is 4. The standard InChI is InChI=1S/C14H21N3OS/c1-3-15-13-8-7-10(9-16-13)14(18)17-11-5-4-6-12(11)19-2/h7-9,11-12H,3-6H2,1-2H3,(H,15,16)(H,17,18). The summed E-state index contributed by atoms with van der Waals surface area (Å²) < 4.78 is 0. The molecule has 0 aliphatic heterocycles. The van der Waals surface area contributed by atoms with Gasteiger partial charge in [0.25, 0.3) is 5.91 Å². The van der Waals surface area contributed by atoms with Crippen molar-refractivity contribution in [2.75, 3.05) is 18.1 Å². The smallest absolute Gasteiger partial charge is 0.253 e. The first-order chi connectivity index (χ1) is 9.24. The highest BCUT2D eigenvalue weighted by molar-refractivity contribution is 7.99. The molecule has 0 aromatic carbocycles. The van der Waals surface area contributed by atoms with Gasteiger partial charge in [0, 0.05) is 24.0 Å². The Balaban J connectivity index is 1.95. The summed E-state index contributed by atoms with van der Waals surface area (Å²) >= 11 is 1.85. The molecule has 1 amide bonds. The third kappa shape index (κ3) is 3.62. The Bertz CT molecular complexity index is 421. The molecular formula is C14H21N3OS. The van der Waals surface area contributed by atoms with Crippen molar-refractivity contribution in [1.82, 2.24) is 10.3 Å². The summed E-state index contributed by atoms with van der Waals surface area (Å²) in [4.78, 5) is 16.4. The van der Waals surface area contributed by atoms with Gasteiger partial charge in [-0.1, -0.05) is 6.42 Å². The molecule has 104 valence electrons. The second kappa shape index (κ2) is 6.80. The van der Waals surface area contributed by atoms with Gasteiger partial charge in [-0.2, -0.15) is 11.8 Å². The van der Waals surface area contributed by atoms with Crippen LogP contribution in [0.2, 0.25) is 0 Å². The molecule has 1 heterocycles. The number of hydrogen-bond donors (Lipinski definition) is 2. The number of amides is 1. The highest BCUT2D eigenvalue weighted by Gasteiger charge is 2.27.